The third-order valence-corrected chi connectivity index (χ3v) is 3.60. The number of nitrogens with zero attached hydrogens (tertiary/aromatic N) is 2. The number of hydrogen-bond donors (Lipinski definition) is 1. The summed E-state index contributed by atoms with van der Waals surface area (Å²) in [5.41, 5.74) is 1.76. The molecule has 0 atom stereocenters. The van der Waals surface area contributed by atoms with Crippen molar-refractivity contribution in [2.75, 3.05) is 0 Å². The molecule has 2 N–H and O–H groups in total. The summed E-state index contributed by atoms with van der Waals surface area (Å²) in [4.78, 5) is 0.0811. The van der Waals surface area contributed by atoms with Crippen molar-refractivity contribution in [1.82, 2.24) is 0 Å². The highest BCUT2D eigenvalue weighted by Gasteiger charge is 2.16. The Morgan fingerprint density at radius 3 is 2.33 bits per heavy atom. The van der Waals surface area contributed by atoms with Gasteiger partial charge in [0, 0.05) is 10.7 Å². The number of nitrogens with two attached hydrogens (primary N) is 1. The zero-order valence-electron chi connectivity index (χ0n) is 8.23. The molecule has 0 bridgehead atoms. The fraction of sp³-hybridized carbons (Fsp3) is 0.250. The van der Waals surface area contributed by atoms with Crippen molar-refractivity contribution in [3.05, 3.63) is 23.3 Å². The van der Waals surface area contributed by atoms with E-state index in [-0.39, 0.29) is 4.90 Å². The summed E-state index contributed by atoms with van der Waals surface area (Å²) >= 11 is 0. The molecule has 0 heterocycles. The Hall–Kier alpha value is -1.14. The standard InChI is InChI=1S/C8H10ClN3O2S/c1-5-6(2)8(15(9,13)14)4-3-7(5)11-12-10/h3-4H,1-2H3,(H2,10,11). The average Bonchev–Trinajstić information content (AvgIpc) is 2.11. The molecule has 82 valence electrons. The van der Waals surface area contributed by atoms with Crippen molar-refractivity contribution in [1.29, 1.82) is 0 Å². The van der Waals surface area contributed by atoms with Crippen LogP contribution in [0.15, 0.2) is 27.4 Å². The molecule has 1 aromatic carbocycles. The Kier molecular flexibility index (Phi) is 3.31. The van der Waals surface area contributed by atoms with Crippen molar-refractivity contribution in [3.8, 4) is 0 Å². The minimum atomic E-state index is -3.72. The van der Waals surface area contributed by atoms with E-state index < -0.39 is 9.05 Å². The van der Waals surface area contributed by atoms with Gasteiger partial charge in [0.15, 0.2) is 0 Å². The van der Waals surface area contributed by atoms with Gasteiger partial charge in [0.05, 0.1) is 10.6 Å². The second-order valence-electron chi connectivity index (χ2n) is 2.99. The van der Waals surface area contributed by atoms with E-state index in [4.69, 9.17) is 16.5 Å². The molecular formula is C8H10ClN3O2S. The zero-order chi connectivity index (χ0) is 11.6. The van der Waals surface area contributed by atoms with E-state index in [2.05, 4.69) is 10.3 Å². The van der Waals surface area contributed by atoms with Gasteiger partial charge in [-0.05, 0) is 37.1 Å². The van der Waals surface area contributed by atoms with Gasteiger partial charge in [0.2, 0.25) is 0 Å². The maximum absolute atomic E-state index is 11.2. The van der Waals surface area contributed by atoms with Crippen molar-refractivity contribution < 1.29 is 8.42 Å². The molecule has 5 nitrogen and oxygen atoms in total. The predicted octanol–water partition coefficient (Wildman–Crippen LogP) is 2.19. The highest BCUT2D eigenvalue weighted by Crippen LogP contribution is 2.28. The van der Waals surface area contributed by atoms with E-state index in [1.54, 1.807) is 13.8 Å². The van der Waals surface area contributed by atoms with Gasteiger partial charge in [0.25, 0.3) is 9.05 Å². The summed E-state index contributed by atoms with van der Waals surface area (Å²) in [6.07, 6.45) is 0. The Morgan fingerprint density at radius 1 is 1.27 bits per heavy atom. The van der Waals surface area contributed by atoms with Gasteiger partial charge in [-0.25, -0.2) is 8.42 Å². The minimum absolute atomic E-state index is 0.0811. The van der Waals surface area contributed by atoms with Gasteiger partial charge in [0.1, 0.15) is 0 Å². The van der Waals surface area contributed by atoms with Crippen LogP contribution in [0.5, 0.6) is 0 Å². The van der Waals surface area contributed by atoms with E-state index in [1.807, 2.05) is 0 Å². The molecule has 0 saturated carbocycles. The molecule has 1 aromatic rings. The third-order valence-electron chi connectivity index (χ3n) is 2.14. The van der Waals surface area contributed by atoms with Gasteiger partial charge in [-0.2, -0.15) is 0 Å². The van der Waals surface area contributed by atoms with E-state index in [0.29, 0.717) is 16.8 Å². The fourth-order valence-corrected chi connectivity index (χ4v) is 2.47. The van der Waals surface area contributed by atoms with Gasteiger partial charge in [-0.15, -0.1) is 5.11 Å². The SMILES string of the molecule is Cc1c(N=NN)ccc(S(=O)(=O)Cl)c1C. The molecule has 0 unspecified atom stereocenters. The lowest BCUT2D eigenvalue weighted by Crippen LogP contribution is -1.96. The molecule has 0 aliphatic carbocycles. The van der Waals surface area contributed by atoms with Crippen LogP contribution in [0.2, 0.25) is 0 Å². The Morgan fingerprint density at radius 2 is 1.87 bits per heavy atom. The molecule has 0 aliphatic heterocycles. The van der Waals surface area contributed by atoms with Crippen LogP contribution in [0.3, 0.4) is 0 Å². The molecule has 0 amide bonds. The highest BCUT2D eigenvalue weighted by atomic mass is 35.7. The predicted molar refractivity (Wildman–Crippen MR) is 57.7 cm³/mol. The first-order chi connectivity index (χ1) is 6.88. The Balaban J connectivity index is 3.47. The minimum Gasteiger partial charge on any atom is -0.305 e. The van der Waals surface area contributed by atoms with E-state index in [9.17, 15) is 8.42 Å². The van der Waals surface area contributed by atoms with Gasteiger partial charge in [-0.3, -0.25) is 0 Å². The summed E-state index contributed by atoms with van der Waals surface area (Å²) < 4.78 is 22.3. The molecule has 7 heteroatoms. The number of benzene rings is 1. The quantitative estimate of drug-likeness (QED) is 0.376. The second-order valence-corrected chi connectivity index (χ2v) is 5.52. The van der Waals surface area contributed by atoms with Gasteiger partial charge >= 0.3 is 0 Å². The summed E-state index contributed by atoms with van der Waals surface area (Å²) in [5.74, 6) is 4.92. The molecule has 15 heavy (non-hydrogen) atoms. The number of halogens is 1. The first kappa shape index (κ1) is 11.9. The first-order valence-corrected chi connectivity index (χ1v) is 6.34. The number of hydrogen-bond acceptors (Lipinski definition) is 4. The molecule has 0 fully saturated rings. The topological polar surface area (TPSA) is 84.9 Å². The van der Waals surface area contributed by atoms with E-state index >= 15 is 0 Å². The van der Waals surface area contributed by atoms with Crippen LogP contribution in [-0.2, 0) is 9.05 Å². The number of rotatable bonds is 2. The average molecular weight is 248 g/mol. The van der Waals surface area contributed by atoms with E-state index in [0.717, 1.165) is 0 Å². The highest BCUT2D eigenvalue weighted by molar-refractivity contribution is 8.13. The summed E-state index contributed by atoms with van der Waals surface area (Å²) in [6, 6.07) is 2.89. The van der Waals surface area contributed by atoms with E-state index in [1.165, 1.54) is 12.1 Å². The molecule has 1 rings (SSSR count). The summed E-state index contributed by atoms with van der Waals surface area (Å²) in [7, 11) is 1.54. The third kappa shape index (κ3) is 2.45. The summed E-state index contributed by atoms with van der Waals surface area (Å²) in [6.45, 7) is 3.38. The molecule has 0 aromatic heterocycles. The van der Waals surface area contributed by atoms with Crippen LogP contribution in [-0.4, -0.2) is 8.42 Å². The van der Waals surface area contributed by atoms with Crippen LogP contribution in [0, 0.1) is 13.8 Å². The normalized spacial score (nSPS) is 12.2. The van der Waals surface area contributed by atoms with Crippen LogP contribution in [0.25, 0.3) is 0 Å². The fourth-order valence-electron chi connectivity index (χ4n) is 1.22. The Labute approximate surface area is 92.4 Å². The van der Waals surface area contributed by atoms with Crippen molar-refractivity contribution in [2.24, 2.45) is 16.2 Å². The largest absolute Gasteiger partial charge is 0.305 e. The Bertz CT molecular complexity index is 511. The van der Waals surface area contributed by atoms with Crippen LogP contribution >= 0.6 is 10.7 Å². The smallest absolute Gasteiger partial charge is 0.261 e. The molecular weight excluding hydrogens is 238 g/mol. The second kappa shape index (κ2) is 4.16. The van der Waals surface area contributed by atoms with Crippen LogP contribution in [0.1, 0.15) is 11.1 Å². The van der Waals surface area contributed by atoms with Crippen molar-refractivity contribution in [2.45, 2.75) is 18.7 Å². The lowest BCUT2D eigenvalue weighted by molar-refractivity contribution is 0.609. The lowest BCUT2D eigenvalue weighted by Gasteiger charge is -2.07. The van der Waals surface area contributed by atoms with Gasteiger partial charge in [-0.1, -0.05) is 5.22 Å². The molecule has 0 radical (unpaired) electrons. The lowest BCUT2D eigenvalue weighted by atomic mass is 10.1. The van der Waals surface area contributed by atoms with Crippen LogP contribution < -0.4 is 5.84 Å². The molecule has 0 saturated heterocycles. The van der Waals surface area contributed by atoms with Crippen LogP contribution in [0.4, 0.5) is 5.69 Å². The zero-order valence-corrected chi connectivity index (χ0v) is 9.80. The monoisotopic (exact) mass is 247 g/mol. The van der Waals surface area contributed by atoms with Crippen molar-refractivity contribution >= 4 is 25.4 Å². The molecule has 0 spiro atoms. The first-order valence-electron chi connectivity index (χ1n) is 4.03. The van der Waals surface area contributed by atoms with Crippen molar-refractivity contribution in [3.63, 3.8) is 0 Å². The maximum atomic E-state index is 11.2. The summed E-state index contributed by atoms with van der Waals surface area (Å²) in [5, 5.41) is 6.80. The maximum Gasteiger partial charge on any atom is 0.261 e. The molecule has 0 aliphatic rings. The van der Waals surface area contributed by atoms with Gasteiger partial charge < -0.3 is 5.84 Å².